The van der Waals surface area contributed by atoms with Gasteiger partial charge in [-0.2, -0.15) is 0 Å². The Labute approximate surface area is 193 Å². The molecule has 0 radical (unpaired) electrons. The number of fused-ring (bicyclic) bond motifs is 7. The molecule has 2 heterocycles. The minimum atomic E-state index is -0.376. The maximum absolute atomic E-state index is 11.7. The molecule has 14 atom stereocenters. The Kier molecular flexibility index (Phi) is 4.99. The van der Waals surface area contributed by atoms with Crippen molar-refractivity contribution in [3.63, 3.8) is 0 Å². The van der Waals surface area contributed by atoms with Gasteiger partial charge in [-0.1, -0.05) is 27.7 Å². The molecule has 0 bridgehead atoms. The van der Waals surface area contributed by atoms with Gasteiger partial charge >= 0.3 is 0 Å². The van der Waals surface area contributed by atoms with Crippen LogP contribution in [-0.4, -0.2) is 52.0 Å². The summed E-state index contributed by atoms with van der Waals surface area (Å²) >= 11 is 0. The molecule has 4 N–H and O–H groups in total. The third kappa shape index (κ3) is 2.81. The second kappa shape index (κ2) is 7.16. The lowest BCUT2D eigenvalue weighted by Gasteiger charge is -2.63. The summed E-state index contributed by atoms with van der Waals surface area (Å²) in [7, 11) is 0. The summed E-state index contributed by atoms with van der Waals surface area (Å²) in [4.78, 5) is 0. The molecule has 32 heavy (non-hydrogen) atoms. The molecular formula is C27H45NO4. The molecule has 5 heteroatoms. The van der Waals surface area contributed by atoms with E-state index in [0.29, 0.717) is 29.6 Å². The van der Waals surface area contributed by atoms with Gasteiger partial charge in [-0.25, -0.2) is 0 Å². The summed E-state index contributed by atoms with van der Waals surface area (Å²) in [6.07, 6.45) is 6.76. The fraction of sp³-hybridized carbons (Fsp3) is 1.00. The van der Waals surface area contributed by atoms with Crippen molar-refractivity contribution in [2.24, 2.45) is 52.3 Å². The minimum Gasteiger partial charge on any atom is -0.393 e. The molecule has 4 saturated carbocycles. The van der Waals surface area contributed by atoms with Gasteiger partial charge in [-0.05, 0) is 97.7 Å². The Balaban J connectivity index is 1.32. The van der Waals surface area contributed by atoms with Gasteiger partial charge < -0.3 is 20.1 Å². The van der Waals surface area contributed by atoms with Crippen molar-refractivity contribution < 1.29 is 20.1 Å². The van der Waals surface area contributed by atoms with Crippen molar-refractivity contribution in [2.45, 2.75) is 109 Å². The van der Waals surface area contributed by atoms with Crippen LogP contribution in [0.15, 0.2) is 0 Å². The van der Waals surface area contributed by atoms with Crippen LogP contribution in [0.5, 0.6) is 0 Å². The van der Waals surface area contributed by atoms with Crippen molar-refractivity contribution in [3.05, 3.63) is 0 Å². The van der Waals surface area contributed by atoms with Gasteiger partial charge in [-0.3, -0.25) is 5.32 Å². The normalized spacial score (nSPS) is 64.0. The van der Waals surface area contributed by atoms with Gasteiger partial charge in [0, 0.05) is 12.5 Å². The molecule has 0 aromatic rings. The maximum Gasteiger partial charge on any atom is 0.122 e. The van der Waals surface area contributed by atoms with Crippen LogP contribution in [0.2, 0.25) is 0 Å². The van der Waals surface area contributed by atoms with Crippen LogP contribution >= 0.6 is 0 Å². The van der Waals surface area contributed by atoms with E-state index in [-0.39, 0.29) is 52.8 Å². The Morgan fingerprint density at radius 3 is 2.38 bits per heavy atom. The molecule has 0 aromatic carbocycles. The van der Waals surface area contributed by atoms with E-state index < -0.39 is 0 Å². The van der Waals surface area contributed by atoms with Crippen LogP contribution in [0.25, 0.3) is 0 Å². The van der Waals surface area contributed by atoms with Crippen molar-refractivity contribution in [1.29, 1.82) is 0 Å². The zero-order valence-electron chi connectivity index (χ0n) is 20.5. The highest BCUT2D eigenvalue weighted by atomic mass is 16.5. The molecule has 0 aromatic heterocycles. The highest BCUT2D eigenvalue weighted by molar-refractivity contribution is 5.19. The molecular weight excluding hydrogens is 402 g/mol. The predicted molar refractivity (Wildman–Crippen MR) is 123 cm³/mol. The first kappa shape index (κ1) is 22.3. The third-order valence-electron chi connectivity index (χ3n) is 12.1. The largest absolute Gasteiger partial charge is 0.393 e. The molecule has 6 rings (SSSR count). The first-order chi connectivity index (χ1) is 15.1. The lowest BCUT2D eigenvalue weighted by molar-refractivity contribution is -0.215. The van der Waals surface area contributed by atoms with E-state index in [1.54, 1.807) is 0 Å². The summed E-state index contributed by atoms with van der Waals surface area (Å²) in [5, 5.41) is 37.3. The Bertz CT molecular complexity index is 752. The van der Waals surface area contributed by atoms with Crippen molar-refractivity contribution in [2.75, 3.05) is 6.54 Å². The Morgan fingerprint density at radius 2 is 1.66 bits per heavy atom. The lowest BCUT2D eigenvalue weighted by atomic mass is 9.43. The van der Waals surface area contributed by atoms with E-state index in [1.165, 1.54) is 6.42 Å². The minimum absolute atomic E-state index is 0.0112. The highest BCUT2D eigenvalue weighted by Crippen LogP contribution is 2.71. The molecule has 2 saturated heterocycles. The third-order valence-corrected chi connectivity index (χ3v) is 12.1. The van der Waals surface area contributed by atoms with Crippen LogP contribution in [-0.2, 0) is 4.74 Å². The van der Waals surface area contributed by atoms with E-state index in [2.05, 4.69) is 33.0 Å². The predicted octanol–water partition coefficient (Wildman–Crippen LogP) is 3.31. The monoisotopic (exact) mass is 447 g/mol. The molecule has 5 nitrogen and oxygen atoms in total. The average molecular weight is 448 g/mol. The molecule has 0 amide bonds. The van der Waals surface area contributed by atoms with Crippen LogP contribution < -0.4 is 5.32 Å². The quantitative estimate of drug-likeness (QED) is 0.458. The second-order valence-electron chi connectivity index (χ2n) is 13.5. The van der Waals surface area contributed by atoms with Crippen LogP contribution in [0.1, 0.15) is 79.1 Å². The number of aliphatic hydroxyl groups excluding tert-OH is 3. The molecule has 4 aliphatic carbocycles. The van der Waals surface area contributed by atoms with Crippen LogP contribution in [0.3, 0.4) is 0 Å². The molecule has 14 unspecified atom stereocenters. The SMILES string of the molecule is CC1CCC2(NC1)OC1CC3C4C(O)CC5CC(O)CCC5(C)C4C(O)CC3(C)C1C2C. The fourth-order valence-electron chi connectivity index (χ4n) is 10.5. The van der Waals surface area contributed by atoms with Gasteiger partial charge in [0.05, 0.1) is 24.4 Å². The van der Waals surface area contributed by atoms with Gasteiger partial charge in [-0.15, -0.1) is 0 Å². The van der Waals surface area contributed by atoms with Crippen molar-refractivity contribution in [3.8, 4) is 0 Å². The van der Waals surface area contributed by atoms with Gasteiger partial charge in [0.15, 0.2) is 0 Å². The van der Waals surface area contributed by atoms with Gasteiger partial charge in [0.2, 0.25) is 0 Å². The number of hydrogen-bond donors (Lipinski definition) is 4. The summed E-state index contributed by atoms with van der Waals surface area (Å²) in [6, 6.07) is 0. The molecule has 1 spiro atoms. The van der Waals surface area contributed by atoms with Crippen molar-refractivity contribution in [1.82, 2.24) is 5.32 Å². The molecule has 6 aliphatic rings. The van der Waals surface area contributed by atoms with E-state index in [9.17, 15) is 15.3 Å². The molecule has 6 fully saturated rings. The summed E-state index contributed by atoms with van der Waals surface area (Å²) in [5.74, 6) is 2.58. The second-order valence-corrected chi connectivity index (χ2v) is 13.5. The van der Waals surface area contributed by atoms with Crippen LogP contribution in [0, 0.1) is 52.3 Å². The number of piperidine rings is 1. The molecule has 182 valence electrons. The van der Waals surface area contributed by atoms with E-state index in [0.717, 1.165) is 51.5 Å². The standard InChI is InChI=1S/C27H45NO4/c1-14-5-8-27(28-13-14)15(2)23-21(32-27)11-18-22-19(30)10-16-9-17(29)6-7-25(16,3)24(22)20(31)12-26(18,23)4/h14-24,28-31H,5-13H2,1-4H3. The zero-order valence-corrected chi connectivity index (χ0v) is 20.5. The lowest BCUT2D eigenvalue weighted by Crippen LogP contribution is -2.63. The highest BCUT2D eigenvalue weighted by Gasteiger charge is 2.71. The maximum atomic E-state index is 11.7. The van der Waals surface area contributed by atoms with E-state index in [1.807, 2.05) is 0 Å². The number of nitrogens with one attached hydrogen (secondary N) is 1. The van der Waals surface area contributed by atoms with Gasteiger partial charge in [0.1, 0.15) is 5.72 Å². The fourth-order valence-corrected chi connectivity index (χ4v) is 10.5. The van der Waals surface area contributed by atoms with E-state index >= 15 is 0 Å². The number of ether oxygens (including phenoxy) is 1. The number of hydrogen-bond acceptors (Lipinski definition) is 5. The van der Waals surface area contributed by atoms with Crippen molar-refractivity contribution >= 4 is 0 Å². The first-order valence-corrected chi connectivity index (χ1v) is 13.6. The smallest absolute Gasteiger partial charge is 0.122 e. The zero-order chi connectivity index (χ0) is 22.6. The average Bonchev–Trinajstić information content (AvgIpc) is 3.16. The van der Waals surface area contributed by atoms with Crippen LogP contribution in [0.4, 0.5) is 0 Å². The number of rotatable bonds is 0. The number of aliphatic hydroxyl groups is 3. The first-order valence-electron chi connectivity index (χ1n) is 13.6. The Hall–Kier alpha value is -0.200. The summed E-state index contributed by atoms with van der Waals surface area (Å²) in [6.45, 7) is 10.5. The topological polar surface area (TPSA) is 82.0 Å². The molecule has 2 aliphatic heterocycles. The summed E-state index contributed by atoms with van der Waals surface area (Å²) < 4.78 is 6.92. The van der Waals surface area contributed by atoms with Gasteiger partial charge in [0.25, 0.3) is 0 Å². The Morgan fingerprint density at radius 1 is 0.875 bits per heavy atom. The van der Waals surface area contributed by atoms with E-state index in [4.69, 9.17) is 4.74 Å². The summed E-state index contributed by atoms with van der Waals surface area (Å²) in [5.41, 5.74) is -0.160.